The second-order valence-corrected chi connectivity index (χ2v) is 5.45. The average Bonchev–Trinajstić information content (AvgIpc) is 2.86. The van der Waals surface area contributed by atoms with Gasteiger partial charge in [-0.05, 0) is 25.2 Å². The van der Waals surface area contributed by atoms with E-state index in [9.17, 15) is 0 Å². The van der Waals surface area contributed by atoms with E-state index in [1.807, 2.05) is 0 Å². The molecule has 16 heavy (non-hydrogen) atoms. The van der Waals surface area contributed by atoms with Gasteiger partial charge in [0.1, 0.15) is 0 Å². The van der Waals surface area contributed by atoms with Crippen molar-refractivity contribution in [3.05, 3.63) is 0 Å². The quantitative estimate of drug-likeness (QED) is 0.771. The minimum atomic E-state index is 0.574. The average molecular weight is 226 g/mol. The van der Waals surface area contributed by atoms with Gasteiger partial charge in [-0.25, -0.2) is 0 Å². The maximum Gasteiger partial charge on any atom is 0.0512 e. The van der Waals surface area contributed by atoms with E-state index < -0.39 is 0 Å². The standard InChI is InChI=1S/C13H26N2O/c1-2-16-10-12-9-15(8-7-14)11-13(12)5-3-4-6-13/h12H,2-11,14H2,1H3/t12-/m0/s1. The summed E-state index contributed by atoms with van der Waals surface area (Å²) in [5.41, 5.74) is 6.24. The number of ether oxygens (including phenoxy) is 1. The highest BCUT2D eigenvalue weighted by atomic mass is 16.5. The molecule has 2 fully saturated rings. The van der Waals surface area contributed by atoms with Gasteiger partial charge in [0.2, 0.25) is 0 Å². The summed E-state index contributed by atoms with van der Waals surface area (Å²) in [6, 6.07) is 0. The van der Waals surface area contributed by atoms with Gasteiger partial charge in [-0.1, -0.05) is 12.8 Å². The molecule has 0 aromatic carbocycles. The number of nitrogens with zero attached hydrogens (tertiary/aromatic N) is 1. The van der Waals surface area contributed by atoms with Gasteiger partial charge in [0.05, 0.1) is 6.61 Å². The topological polar surface area (TPSA) is 38.5 Å². The molecule has 2 N–H and O–H groups in total. The third-order valence-electron chi connectivity index (χ3n) is 4.45. The van der Waals surface area contributed by atoms with Crippen LogP contribution in [0.25, 0.3) is 0 Å². The third-order valence-corrected chi connectivity index (χ3v) is 4.45. The Morgan fingerprint density at radius 1 is 1.38 bits per heavy atom. The zero-order chi connectivity index (χ0) is 11.4. The Hall–Kier alpha value is -0.120. The van der Waals surface area contributed by atoms with Crippen molar-refractivity contribution >= 4 is 0 Å². The van der Waals surface area contributed by atoms with Crippen molar-refractivity contribution in [2.45, 2.75) is 32.6 Å². The molecule has 0 aromatic heterocycles. The molecule has 1 aliphatic carbocycles. The van der Waals surface area contributed by atoms with E-state index in [-0.39, 0.29) is 0 Å². The summed E-state index contributed by atoms with van der Waals surface area (Å²) in [7, 11) is 0. The fourth-order valence-corrected chi connectivity index (χ4v) is 3.63. The van der Waals surface area contributed by atoms with Gasteiger partial charge in [0.15, 0.2) is 0 Å². The van der Waals surface area contributed by atoms with Gasteiger partial charge in [-0.2, -0.15) is 0 Å². The monoisotopic (exact) mass is 226 g/mol. The zero-order valence-electron chi connectivity index (χ0n) is 10.6. The van der Waals surface area contributed by atoms with E-state index in [4.69, 9.17) is 10.5 Å². The molecule has 1 saturated heterocycles. The predicted octanol–water partition coefficient (Wildman–Crippen LogP) is 1.47. The maximum absolute atomic E-state index is 5.67. The molecule has 0 radical (unpaired) electrons. The number of hydrogen-bond donors (Lipinski definition) is 1. The summed E-state index contributed by atoms with van der Waals surface area (Å²) in [6.07, 6.45) is 5.65. The van der Waals surface area contributed by atoms with Gasteiger partial charge >= 0.3 is 0 Å². The Morgan fingerprint density at radius 3 is 2.75 bits per heavy atom. The third kappa shape index (κ3) is 2.41. The van der Waals surface area contributed by atoms with Crippen LogP contribution in [0.1, 0.15) is 32.6 Å². The van der Waals surface area contributed by atoms with Crippen molar-refractivity contribution < 1.29 is 4.74 Å². The lowest BCUT2D eigenvalue weighted by molar-refractivity contribution is 0.0688. The summed E-state index contributed by atoms with van der Waals surface area (Å²) in [4.78, 5) is 2.55. The Labute approximate surface area is 99.3 Å². The molecule has 3 heteroatoms. The van der Waals surface area contributed by atoms with E-state index in [0.717, 1.165) is 32.2 Å². The second-order valence-electron chi connectivity index (χ2n) is 5.45. The van der Waals surface area contributed by atoms with E-state index in [1.165, 1.54) is 38.8 Å². The summed E-state index contributed by atoms with van der Waals surface area (Å²) < 4.78 is 5.67. The minimum Gasteiger partial charge on any atom is -0.381 e. The summed E-state index contributed by atoms with van der Waals surface area (Å²) in [5.74, 6) is 0.751. The first kappa shape index (κ1) is 12.3. The van der Waals surface area contributed by atoms with E-state index in [0.29, 0.717) is 5.41 Å². The molecule has 2 aliphatic rings. The van der Waals surface area contributed by atoms with Crippen molar-refractivity contribution in [1.29, 1.82) is 0 Å². The Bertz CT molecular complexity index is 214. The first-order valence-corrected chi connectivity index (χ1v) is 6.81. The SMILES string of the molecule is CCOC[C@@H]1CN(CCN)CC12CCCC2. The molecule has 0 unspecified atom stereocenters. The van der Waals surface area contributed by atoms with Crippen molar-refractivity contribution in [3.63, 3.8) is 0 Å². The highest BCUT2D eigenvalue weighted by Crippen LogP contribution is 2.48. The minimum absolute atomic E-state index is 0.574. The number of likely N-dealkylation sites (tertiary alicyclic amines) is 1. The first-order valence-electron chi connectivity index (χ1n) is 6.81. The lowest BCUT2D eigenvalue weighted by Gasteiger charge is -2.29. The summed E-state index contributed by atoms with van der Waals surface area (Å²) >= 11 is 0. The van der Waals surface area contributed by atoms with Crippen LogP contribution in [0.2, 0.25) is 0 Å². The molecule has 1 saturated carbocycles. The lowest BCUT2D eigenvalue weighted by Crippen LogP contribution is -2.30. The maximum atomic E-state index is 5.67. The number of rotatable bonds is 5. The number of nitrogens with two attached hydrogens (primary N) is 1. The van der Waals surface area contributed by atoms with Crippen LogP contribution in [0.15, 0.2) is 0 Å². The molecule has 1 heterocycles. The van der Waals surface area contributed by atoms with Crippen LogP contribution >= 0.6 is 0 Å². The van der Waals surface area contributed by atoms with Gasteiger partial charge in [-0.3, -0.25) is 0 Å². The van der Waals surface area contributed by atoms with Crippen LogP contribution < -0.4 is 5.73 Å². The Morgan fingerprint density at radius 2 is 2.12 bits per heavy atom. The zero-order valence-corrected chi connectivity index (χ0v) is 10.6. The first-order chi connectivity index (χ1) is 7.80. The largest absolute Gasteiger partial charge is 0.381 e. The highest BCUT2D eigenvalue weighted by Gasteiger charge is 2.47. The predicted molar refractivity (Wildman–Crippen MR) is 66.4 cm³/mol. The molecule has 1 atom stereocenters. The molecule has 0 amide bonds. The molecule has 2 rings (SSSR count). The van der Waals surface area contributed by atoms with Crippen LogP contribution in [0.3, 0.4) is 0 Å². The smallest absolute Gasteiger partial charge is 0.0512 e. The van der Waals surface area contributed by atoms with Crippen molar-refractivity contribution in [2.24, 2.45) is 17.1 Å². The second kappa shape index (κ2) is 5.48. The van der Waals surface area contributed by atoms with Crippen LogP contribution in [0.4, 0.5) is 0 Å². The molecule has 1 aliphatic heterocycles. The van der Waals surface area contributed by atoms with Crippen molar-refractivity contribution in [3.8, 4) is 0 Å². The summed E-state index contributed by atoms with van der Waals surface area (Å²) in [6.45, 7) is 8.22. The Balaban J connectivity index is 1.96. The number of hydrogen-bond acceptors (Lipinski definition) is 3. The van der Waals surface area contributed by atoms with E-state index >= 15 is 0 Å². The molecular weight excluding hydrogens is 200 g/mol. The molecule has 1 spiro atoms. The normalized spacial score (nSPS) is 29.2. The van der Waals surface area contributed by atoms with Crippen molar-refractivity contribution in [2.75, 3.05) is 39.4 Å². The molecule has 94 valence electrons. The Kier molecular flexibility index (Phi) is 4.22. The fraction of sp³-hybridized carbons (Fsp3) is 1.00. The van der Waals surface area contributed by atoms with Crippen molar-refractivity contribution in [1.82, 2.24) is 4.90 Å². The molecule has 0 aromatic rings. The van der Waals surface area contributed by atoms with Crippen LogP contribution in [-0.2, 0) is 4.74 Å². The molecular formula is C13H26N2O. The van der Waals surface area contributed by atoms with Gasteiger partial charge in [0, 0.05) is 38.7 Å². The van der Waals surface area contributed by atoms with Crippen LogP contribution in [0, 0.1) is 11.3 Å². The van der Waals surface area contributed by atoms with Crippen LogP contribution in [0.5, 0.6) is 0 Å². The fourth-order valence-electron chi connectivity index (χ4n) is 3.63. The molecule has 0 bridgehead atoms. The van der Waals surface area contributed by atoms with Gasteiger partial charge in [-0.15, -0.1) is 0 Å². The van der Waals surface area contributed by atoms with Gasteiger partial charge < -0.3 is 15.4 Å². The van der Waals surface area contributed by atoms with Crippen LogP contribution in [-0.4, -0.2) is 44.3 Å². The molecule has 3 nitrogen and oxygen atoms in total. The lowest BCUT2D eigenvalue weighted by atomic mass is 9.77. The van der Waals surface area contributed by atoms with E-state index in [2.05, 4.69) is 11.8 Å². The summed E-state index contributed by atoms with van der Waals surface area (Å²) in [5, 5.41) is 0. The highest BCUT2D eigenvalue weighted by molar-refractivity contribution is 4.99. The van der Waals surface area contributed by atoms with E-state index in [1.54, 1.807) is 0 Å². The van der Waals surface area contributed by atoms with Gasteiger partial charge in [0.25, 0.3) is 0 Å².